The van der Waals surface area contributed by atoms with Crippen LogP contribution in [0.2, 0.25) is 0 Å². The highest BCUT2D eigenvalue weighted by atomic mass is 15.0. The Morgan fingerprint density at radius 3 is 2.14 bits per heavy atom. The third-order valence-electron chi connectivity index (χ3n) is 4.28. The fourth-order valence-electron chi connectivity index (χ4n) is 3.02. The van der Waals surface area contributed by atoms with Crippen molar-refractivity contribution in [2.45, 2.75) is 37.9 Å². The molecule has 2 aromatic rings. The first-order valence-corrected chi connectivity index (χ1v) is 7.95. The quantitative estimate of drug-likeness (QED) is 0.879. The molecule has 110 valence electrons. The molecular formula is C19H24N2. The largest absolute Gasteiger partial charge is 0.312 e. The maximum atomic E-state index is 3.69. The van der Waals surface area contributed by atoms with Crippen LogP contribution in [0.1, 0.15) is 24.0 Å². The predicted octanol–water partition coefficient (Wildman–Crippen LogP) is 3.14. The van der Waals surface area contributed by atoms with Crippen LogP contribution in [0.15, 0.2) is 60.7 Å². The second kappa shape index (κ2) is 7.39. The SMILES string of the molecule is c1ccc(CNC2CCC(Cc3ccccc3)NC2)cc1. The van der Waals surface area contributed by atoms with Gasteiger partial charge in [0.2, 0.25) is 0 Å². The van der Waals surface area contributed by atoms with Crippen molar-refractivity contribution in [1.29, 1.82) is 0 Å². The van der Waals surface area contributed by atoms with Gasteiger partial charge in [-0.2, -0.15) is 0 Å². The van der Waals surface area contributed by atoms with Crippen molar-refractivity contribution in [3.63, 3.8) is 0 Å². The van der Waals surface area contributed by atoms with E-state index in [0.717, 1.165) is 19.5 Å². The molecular weight excluding hydrogens is 256 g/mol. The van der Waals surface area contributed by atoms with Gasteiger partial charge in [0.15, 0.2) is 0 Å². The fourth-order valence-corrected chi connectivity index (χ4v) is 3.02. The maximum Gasteiger partial charge on any atom is 0.0208 e. The zero-order valence-corrected chi connectivity index (χ0v) is 12.5. The van der Waals surface area contributed by atoms with Crippen molar-refractivity contribution < 1.29 is 0 Å². The van der Waals surface area contributed by atoms with Crippen molar-refractivity contribution in [1.82, 2.24) is 10.6 Å². The smallest absolute Gasteiger partial charge is 0.0208 e. The minimum Gasteiger partial charge on any atom is -0.312 e. The summed E-state index contributed by atoms with van der Waals surface area (Å²) in [6, 6.07) is 22.6. The summed E-state index contributed by atoms with van der Waals surface area (Å²) in [4.78, 5) is 0. The summed E-state index contributed by atoms with van der Waals surface area (Å²) in [5.74, 6) is 0. The van der Waals surface area contributed by atoms with Crippen LogP contribution in [0.4, 0.5) is 0 Å². The Balaban J connectivity index is 1.41. The summed E-state index contributed by atoms with van der Waals surface area (Å²) in [7, 11) is 0. The highest BCUT2D eigenvalue weighted by molar-refractivity contribution is 5.16. The average Bonchev–Trinajstić information content (AvgIpc) is 2.56. The van der Waals surface area contributed by atoms with Gasteiger partial charge in [0.25, 0.3) is 0 Å². The highest BCUT2D eigenvalue weighted by Gasteiger charge is 2.20. The van der Waals surface area contributed by atoms with Crippen LogP contribution in [-0.4, -0.2) is 18.6 Å². The Morgan fingerprint density at radius 2 is 1.52 bits per heavy atom. The molecule has 2 atom stereocenters. The van der Waals surface area contributed by atoms with Gasteiger partial charge < -0.3 is 10.6 Å². The molecule has 0 bridgehead atoms. The fraction of sp³-hybridized carbons (Fsp3) is 0.368. The summed E-state index contributed by atoms with van der Waals surface area (Å²) < 4.78 is 0. The average molecular weight is 280 g/mol. The molecule has 1 aliphatic heterocycles. The van der Waals surface area contributed by atoms with Gasteiger partial charge in [0, 0.05) is 25.2 Å². The van der Waals surface area contributed by atoms with Crippen LogP contribution in [0.25, 0.3) is 0 Å². The molecule has 2 aromatic carbocycles. The van der Waals surface area contributed by atoms with E-state index in [1.165, 1.54) is 24.0 Å². The number of nitrogens with one attached hydrogen (secondary N) is 2. The zero-order valence-electron chi connectivity index (χ0n) is 12.5. The van der Waals surface area contributed by atoms with Crippen LogP contribution in [-0.2, 0) is 13.0 Å². The Bertz CT molecular complexity index is 516. The van der Waals surface area contributed by atoms with Crippen molar-refractivity contribution >= 4 is 0 Å². The Hall–Kier alpha value is -1.64. The van der Waals surface area contributed by atoms with Gasteiger partial charge in [-0.15, -0.1) is 0 Å². The van der Waals surface area contributed by atoms with Crippen LogP contribution in [0, 0.1) is 0 Å². The molecule has 3 rings (SSSR count). The predicted molar refractivity (Wildman–Crippen MR) is 88.2 cm³/mol. The standard InChI is InChI=1S/C19H24N2/c1-3-7-16(8-4-1)13-18-11-12-19(15-21-18)20-14-17-9-5-2-6-10-17/h1-10,18-21H,11-15H2. The summed E-state index contributed by atoms with van der Waals surface area (Å²) in [5.41, 5.74) is 2.80. The van der Waals surface area contributed by atoms with Crippen molar-refractivity contribution in [3.05, 3.63) is 71.8 Å². The molecule has 21 heavy (non-hydrogen) atoms. The van der Waals surface area contributed by atoms with E-state index in [9.17, 15) is 0 Å². The first kappa shape index (κ1) is 14.3. The van der Waals surface area contributed by atoms with Gasteiger partial charge in [-0.25, -0.2) is 0 Å². The number of hydrogen-bond acceptors (Lipinski definition) is 2. The van der Waals surface area contributed by atoms with Gasteiger partial charge in [-0.1, -0.05) is 60.7 Å². The molecule has 2 heteroatoms. The minimum atomic E-state index is 0.595. The van der Waals surface area contributed by atoms with Gasteiger partial charge in [-0.05, 0) is 30.4 Å². The molecule has 1 fully saturated rings. The van der Waals surface area contributed by atoms with Crippen LogP contribution in [0.5, 0.6) is 0 Å². The molecule has 0 amide bonds. The van der Waals surface area contributed by atoms with E-state index in [1.807, 2.05) is 0 Å². The van der Waals surface area contributed by atoms with E-state index in [1.54, 1.807) is 0 Å². The number of hydrogen-bond donors (Lipinski definition) is 2. The zero-order chi connectivity index (χ0) is 14.3. The molecule has 0 spiro atoms. The van der Waals surface area contributed by atoms with Gasteiger partial charge in [-0.3, -0.25) is 0 Å². The molecule has 0 saturated carbocycles. The van der Waals surface area contributed by atoms with E-state index < -0.39 is 0 Å². The lowest BCUT2D eigenvalue weighted by Crippen LogP contribution is -2.48. The number of rotatable bonds is 5. The summed E-state index contributed by atoms with van der Waals surface area (Å²) >= 11 is 0. The lowest BCUT2D eigenvalue weighted by atomic mass is 9.95. The van der Waals surface area contributed by atoms with Crippen LogP contribution in [0.3, 0.4) is 0 Å². The third kappa shape index (κ3) is 4.42. The van der Waals surface area contributed by atoms with Gasteiger partial charge in [0.1, 0.15) is 0 Å². The van der Waals surface area contributed by atoms with Crippen LogP contribution < -0.4 is 10.6 Å². The summed E-state index contributed by atoms with van der Waals surface area (Å²) in [6.45, 7) is 2.04. The summed E-state index contributed by atoms with van der Waals surface area (Å²) in [5, 5.41) is 7.35. The molecule has 2 unspecified atom stereocenters. The number of benzene rings is 2. The van der Waals surface area contributed by atoms with E-state index in [4.69, 9.17) is 0 Å². The second-order valence-corrected chi connectivity index (χ2v) is 5.94. The Labute approximate surface area is 127 Å². The number of piperidine rings is 1. The van der Waals surface area contributed by atoms with Gasteiger partial charge in [0.05, 0.1) is 0 Å². The molecule has 1 heterocycles. The van der Waals surface area contributed by atoms with E-state index in [0.29, 0.717) is 12.1 Å². The van der Waals surface area contributed by atoms with Crippen molar-refractivity contribution in [2.75, 3.05) is 6.54 Å². The molecule has 0 aromatic heterocycles. The molecule has 2 N–H and O–H groups in total. The molecule has 1 saturated heterocycles. The normalized spacial score (nSPS) is 22.1. The minimum absolute atomic E-state index is 0.595. The van der Waals surface area contributed by atoms with E-state index in [-0.39, 0.29) is 0 Å². The van der Waals surface area contributed by atoms with Gasteiger partial charge >= 0.3 is 0 Å². The first-order valence-electron chi connectivity index (χ1n) is 7.95. The van der Waals surface area contributed by atoms with Crippen LogP contribution >= 0.6 is 0 Å². The lowest BCUT2D eigenvalue weighted by Gasteiger charge is -2.30. The topological polar surface area (TPSA) is 24.1 Å². The molecule has 0 aliphatic carbocycles. The van der Waals surface area contributed by atoms with E-state index >= 15 is 0 Å². The third-order valence-corrected chi connectivity index (χ3v) is 4.28. The highest BCUT2D eigenvalue weighted by Crippen LogP contribution is 2.13. The molecule has 0 radical (unpaired) electrons. The summed E-state index contributed by atoms with van der Waals surface area (Å²) in [6.07, 6.45) is 3.66. The Morgan fingerprint density at radius 1 is 0.857 bits per heavy atom. The Kier molecular flexibility index (Phi) is 5.03. The second-order valence-electron chi connectivity index (χ2n) is 5.94. The van der Waals surface area contributed by atoms with E-state index in [2.05, 4.69) is 71.3 Å². The maximum absolute atomic E-state index is 3.69. The monoisotopic (exact) mass is 280 g/mol. The van der Waals surface area contributed by atoms with Crippen molar-refractivity contribution in [2.24, 2.45) is 0 Å². The van der Waals surface area contributed by atoms with Crippen molar-refractivity contribution in [3.8, 4) is 0 Å². The molecule has 1 aliphatic rings. The molecule has 2 nitrogen and oxygen atoms in total. The lowest BCUT2D eigenvalue weighted by molar-refractivity contribution is 0.323. The first-order chi connectivity index (χ1) is 10.4.